The maximum atomic E-state index is 13.8. The number of aliphatic hydroxyl groups excluding tert-OH is 1. The first kappa shape index (κ1) is 15.2. The lowest BCUT2D eigenvalue weighted by Gasteiger charge is -2.21. The summed E-state index contributed by atoms with van der Waals surface area (Å²) in [5.41, 5.74) is 0.164. The number of hydrogen-bond donors (Lipinski definition) is 2. The lowest BCUT2D eigenvalue weighted by Crippen LogP contribution is -2.42. The van der Waals surface area contributed by atoms with Gasteiger partial charge >= 0.3 is 0 Å². The molecule has 1 aromatic rings. The van der Waals surface area contributed by atoms with Gasteiger partial charge in [-0.15, -0.1) is 0 Å². The molecule has 4 nitrogen and oxygen atoms in total. The molecule has 0 amide bonds. The van der Waals surface area contributed by atoms with E-state index in [1.165, 1.54) is 18.2 Å². The summed E-state index contributed by atoms with van der Waals surface area (Å²) in [6, 6.07) is 3.97. The van der Waals surface area contributed by atoms with Gasteiger partial charge in [0.15, 0.2) is 5.96 Å². The summed E-state index contributed by atoms with van der Waals surface area (Å²) in [6.07, 6.45) is 1.08. The Morgan fingerprint density at radius 1 is 1.41 bits per heavy atom. The van der Waals surface area contributed by atoms with E-state index < -0.39 is 11.6 Å². The molecular weight excluding hydrogens is 288 g/mol. The third-order valence-electron chi connectivity index (χ3n) is 4.25. The summed E-state index contributed by atoms with van der Waals surface area (Å²) in [5, 5.41) is 12.9. The minimum Gasteiger partial charge on any atom is -0.391 e. The van der Waals surface area contributed by atoms with Gasteiger partial charge in [-0.2, -0.15) is 0 Å². The number of aliphatic imine (C=N–C) groups is 1. The highest BCUT2D eigenvalue weighted by atomic mass is 19.1. The lowest BCUT2D eigenvalue weighted by molar-refractivity contribution is 0.187. The number of hydrogen-bond acceptors (Lipinski definition) is 2. The molecule has 1 aliphatic carbocycles. The average Bonchev–Trinajstić information content (AvgIpc) is 3.07. The second kappa shape index (κ2) is 6.20. The number of nitrogens with one attached hydrogen (secondary N) is 1. The molecule has 3 atom stereocenters. The Labute approximate surface area is 128 Å². The number of guanidine groups is 1. The molecule has 6 heteroatoms. The minimum absolute atomic E-state index is 0.00515. The van der Waals surface area contributed by atoms with Gasteiger partial charge in [0.2, 0.25) is 0 Å². The van der Waals surface area contributed by atoms with Crippen molar-refractivity contribution in [1.82, 2.24) is 10.2 Å². The van der Waals surface area contributed by atoms with Gasteiger partial charge in [-0.05, 0) is 31.9 Å². The normalized spacial score (nSPS) is 28.1. The van der Waals surface area contributed by atoms with Crippen LogP contribution in [0.5, 0.6) is 0 Å². The van der Waals surface area contributed by atoms with Gasteiger partial charge in [-0.1, -0.05) is 6.07 Å². The van der Waals surface area contributed by atoms with E-state index in [9.17, 15) is 13.9 Å². The van der Waals surface area contributed by atoms with E-state index in [-0.39, 0.29) is 23.6 Å². The number of β-amino-alcohol motifs (C(OH)–C–C–N with tert-alkyl or cyclic N) is 1. The molecule has 1 saturated heterocycles. The van der Waals surface area contributed by atoms with Crippen molar-refractivity contribution in [2.24, 2.45) is 4.99 Å². The van der Waals surface area contributed by atoms with E-state index in [4.69, 9.17) is 0 Å². The molecular formula is C16H21F2N3O. The fraction of sp³-hybridized carbons (Fsp3) is 0.562. The summed E-state index contributed by atoms with van der Waals surface area (Å²) >= 11 is 0. The van der Waals surface area contributed by atoms with Gasteiger partial charge in [-0.25, -0.2) is 8.78 Å². The Balaban J connectivity index is 1.68. The van der Waals surface area contributed by atoms with E-state index in [0.717, 1.165) is 18.9 Å². The molecule has 2 unspecified atom stereocenters. The highest BCUT2D eigenvalue weighted by Gasteiger charge is 2.43. The third kappa shape index (κ3) is 3.06. The topological polar surface area (TPSA) is 47.9 Å². The summed E-state index contributed by atoms with van der Waals surface area (Å²) in [4.78, 5) is 6.43. The summed E-state index contributed by atoms with van der Waals surface area (Å²) in [6.45, 7) is 3.87. The average molecular weight is 309 g/mol. The molecule has 1 heterocycles. The smallest absolute Gasteiger partial charge is 0.194 e. The summed E-state index contributed by atoms with van der Waals surface area (Å²) in [5.74, 6) is -0.404. The first-order valence-corrected chi connectivity index (χ1v) is 7.78. The minimum atomic E-state index is -0.486. The van der Waals surface area contributed by atoms with E-state index in [1.807, 2.05) is 11.8 Å². The van der Waals surface area contributed by atoms with Crippen LogP contribution in [0.4, 0.5) is 8.78 Å². The monoisotopic (exact) mass is 309 g/mol. The van der Waals surface area contributed by atoms with Crippen LogP contribution in [0.2, 0.25) is 0 Å². The van der Waals surface area contributed by atoms with Crippen molar-refractivity contribution >= 4 is 5.96 Å². The Morgan fingerprint density at radius 3 is 2.73 bits per heavy atom. The zero-order chi connectivity index (χ0) is 15.7. The first-order chi connectivity index (χ1) is 10.6. The number of aliphatic hydroxyl groups is 1. The largest absolute Gasteiger partial charge is 0.391 e. The maximum absolute atomic E-state index is 13.8. The highest BCUT2D eigenvalue weighted by Crippen LogP contribution is 2.43. The fourth-order valence-corrected chi connectivity index (χ4v) is 3.03. The van der Waals surface area contributed by atoms with Gasteiger partial charge in [-0.3, -0.25) is 4.99 Å². The van der Waals surface area contributed by atoms with Crippen LogP contribution in [0, 0.1) is 11.6 Å². The highest BCUT2D eigenvalue weighted by molar-refractivity contribution is 5.81. The van der Waals surface area contributed by atoms with Crippen molar-refractivity contribution < 1.29 is 13.9 Å². The zero-order valence-electron chi connectivity index (χ0n) is 12.6. The van der Waals surface area contributed by atoms with Crippen LogP contribution in [0.1, 0.15) is 31.2 Å². The molecule has 22 heavy (non-hydrogen) atoms. The van der Waals surface area contributed by atoms with Crippen LogP contribution in [0.25, 0.3) is 0 Å². The molecule has 2 N–H and O–H groups in total. The van der Waals surface area contributed by atoms with Crippen molar-refractivity contribution in [2.75, 3.05) is 19.6 Å². The van der Waals surface area contributed by atoms with E-state index in [0.29, 0.717) is 19.5 Å². The second-order valence-corrected chi connectivity index (χ2v) is 5.91. The Hall–Kier alpha value is -1.69. The van der Waals surface area contributed by atoms with Gasteiger partial charge < -0.3 is 15.3 Å². The SMILES string of the molecule is CCN=C(NC1CC1c1c(F)cccc1F)N1CC[C@@H](O)C1. The summed E-state index contributed by atoms with van der Waals surface area (Å²) < 4.78 is 27.6. The zero-order valence-corrected chi connectivity index (χ0v) is 12.6. The fourth-order valence-electron chi connectivity index (χ4n) is 3.03. The Morgan fingerprint density at radius 2 is 2.14 bits per heavy atom. The van der Waals surface area contributed by atoms with Crippen molar-refractivity contribution in [3.8, 4) is 0 Å². The molecule has 1 aliphatic heterocycles. The van der Waals surface area contributed by atoms with Crippen molar-refractivity contribution in [3.05, 3.63) is 35.4 Å². The van der Waals surface area contributed by atoms with Crippen LogP contribution in [-0.2, 0) is 0 Å². The lowest BCUT2D eigenvalue weighted by atomic mass is 10.1. The second-order valence-electron chi connectivity index (χ2n) is 5.91. The Kier molecular flexibility index (Phi) is 4.29. The molecule has 0 radical (unpaired) electrons. The predicted molar refractivity (Wildman–Crippen MR) is 80.8 cm³/mol. The molecule has 0 aromatic heterocycles. The summed E-state index contributed by atoms with van der Waals surface area (Å²) in [7, 11) is 0. The van der Waals surface area contributed by atoms with Crippen LogP contribution >= 0.6 is 0 Å². The molecule has 0 bridgehead atoms. The van der Waals surface area contributed by atoms with Crippen LogP contribution < -0.4 is 5.32 Å². The molecule has 120 valence electrons. The van der Waals surface area contributed by atoms with Crippen molar-refractivity contribution in [2.45, 2.75) is 37.8 Å². The van der Waals surface area contributed by atoms with Gasteiger partial charge in [0.25, 0.3) is 0 Å². The third-order valence-corrected chi connectivity index (χ3v) is 4.25. The number of benzene rings is 1. The van der Waals surface area contributed by atoms with Crippen LogP contribution in [0.15, 0.2) is 23.2 Å². The molecule has 2 fully saturated rings. The number of halogens is 2. The van der Waals surface area contributed by atoms with E-state index in [1.54, 1.807) is 0 Å². The molecule has 3 rings (SSSR count). The van der Waals surface area contributed by atoms with Crippen LogP contribution in [-0.4, -0.2) is 47.7 Å². The standard InChI is InChI=1S/C16H21F2N3O/c1-2-19-16(21-7-6-10(22)9-21)20-14-8-11(14)15-12(17)4-3-5-13(15)18/h3-5,10-11,14,22H,2,6-9H2,1H3,(H,19,20)/t10-,11?,14?/m1/s1. The first-order valence-electron chi connectivity index (χ1n) is 7.78. The maximum Gasteiger partial charge on any atom is 0.194 e. The number of rotatable bonds is 3. The van der Waals surface area contributed by atoms with E-state index in [2.05, 4.69) is 10.3 Å². The van der Waals surface area contributed by atoms with Gasteiger partial charge in [0, 0.05) is 37.2 Å². The molecule has 1 saturated carbocycles. The van der Waals surface area contributed by atoms with Gasteiger partial charge in [0.05, 0.1) is 6.10 Å². The van der Waals surface area contributed by atoms with Crippen molar-refractivity contribution in [3.63, 3.8) is 0 Å². The van der Waals surface area contributed by atoms with E-state index >= 15 is 0 Å². The number of likely N-dealkylation sites (tertiary alicyclic amines) is 1. The molecule has 0 spiro atoms. The van der Waals surface area contributed by atoms with Crippen molar-refractivity contribution in [1.29, 1.82) is 0 Å². The molecule has 2 aliphatic rings. The quantitative estimate of drug-likeness (QED) is 0.662. The molecule has 1 aromatic carbocycles. The Bertz CT molecular complexity index is 558. The predicted octanol–water partition coefficient (Wildman–Crippen LogP) is 1.85. The number of nitrogens with zero attached hydrogens (tertiary/aromatic N) is 2. The van der Waals surface area contributed by atoms with Gasteiger partial charge in [0.1, 0.15) is 11.6 Å². The van der Waals surface area contributed by atoms with Crippen LogP contribution in [0.3, 0.4) is 0 Å².